The third-order valence-corrected chi connectivity index (χ3v) is 6.22. The number of nitrogens with zero attached hydrogens (tertiary/aromatic N) is 3. The van der Waals surface area contributed by atoms with Crippen LogP contribution in [0.4, 0.5) is 4.79 Å². The van der Waals surface area contributed by atoms with E-state index >= 15 is 0 Å². The first-order valence-electron chi connectivity index (χ1n) is 10.00. The van der Waals surface area contributed by atoms with Crippen LogP contribution in [0.5, 0.6) is 0 Å². The number of fused-ring (bicyclic) bond motifs is 1. The number of piperidine rings is 1. The minimum absolute atomic E-state index is 0.0913. The highest BCUT2D eigenvalue weighted by Gasteiger charge is 2.37. The van der Waals surface area contributed by atoms with E-state index < -0.39 is 23.8 Å². The molecule has 168 valence electrons. The van der Waals surface area contributed by atoms with Gasteiger partial charge in [0.05, 0.1) is 40.9 Å². The van der Waals surface area contributed by atoms with E-state index in [4.69, 9.17) is 16.3 Å². The molecule has 0 bridgehead atoms. The molecule has 2 aromatic rings. The summed E-state index contributed by atoms with van der Waals surface area (Å²) in [6.45, 7) is 5.45. The van der Waals surface area contributed by atoms with Crippen molar-refractivity contribution in [2.75, 3.05) is 6.54 Å². The van der Waals surface area contributed by atoms with Gasteiger partial charge in [-0.05, 0) is 61.7 Å². The lowest BCUT2D eigenvalue weighted by atomic mass is 9.95. The van der Waals surface area contributed by atoms with Gasteiger partial charge in [-0.15, -0.1) is 0 Å². The van der Waals surface area contributed by atoms with Crippen LogP contribution < -0.4 is 5.56 Å². The summed E-state index contributed by atoms with van der Waals surface area (Å²) in [6.07, 6.45) is 0.928. The van der Waals surface area contributed by atoms with Crippen LogP contribution >= 0.6 is 27.5 Å². The minimum atomic E-state index is -0.840. The normalized spacial score (nSPS) is 19.5. The lowest BCUT2D eigenvalue weighted by molar-refractivity contribution is -0.122. The number of aromatic nitrogens is 2. The molecule has 1 saturated heterocycles. The van der Waals surface area contributed by atoms with Gasteiger partial charge in [0.25, 0.3) is 5.56 Å². The highest BCUT2D eigenvalue weighted by atomic mass is 79.9. The van der Waals surface area contributed by atoms with Crippen LogP contribution in [0.15, 0.2) is 27.7 Å². The number of rotatable bonds is 4. The number of benzene rings is 1. The summed E-state index contributed by atoms with van der Waals surface area (Å²) in [6, 6.07) is 2.44. The van der Waals surface area contributed by atoms with Crippen LogP contribution in [0.3, 0.4) is 0 Å². The lowest BCUT2D eigenvalue weighted by Crippen LogP contribution is -2.53. The largest absolute Gasteiger partial charge is 0.444 e. The first-order chi connectivity index (χ1) is 14.5. The van der Waals surface area contributed by atoms with E-state index in [1.807, 2.05) is 0 Å². The first-order valence-corrected chi connectivity index (χ1v) is 11.2. The maximum absolute atomic E-state index is 12.8. The first kappa shape index (κ1) is 23.7. The van der Waals surface area contributed by atoms with Crippen molar-refractivity contribution in [2.24, 2.45) is 0 Å². The summed E-state index contributed by atoms with van der Waals surface area (Å²) < 4.78 is 7.26. The zero-order chi connectivity index (χ0) is 22.9. The average Bonchev–Trinajstić information content (AvgIpc) is 2.66. The number of amides is 1. The van der Waals surface area contributed by atoms with E-state index in [2.05, 4.69) is 20.9 Å². The zero-order valence-electron chi connectivity index (χ0n) is 17.6. The second kappa shape index (κ2) is 9.26. The minimum Gasteiger partial charge on any atom is -0.444 e. The van der Waals surface area contributed by atoms with Crippen LogP contribution in [0.25, 0.3) is 10.9 Å². The molecular formula is C21H25BrClN3O5. The Labute approximate surface area is 193 Å². The van der Waals surface area contributed by atoms with Crippen molar-refractivity contribution < 1.29 is 19.4 Å². The van der Waals surface area contributed by atoms with E-state index in [1.54, 1.807) is 26.8 Å². The van der Waals surface area contributed by atoms with Crippen LogP contribution in [-0.2, 0) is 16.1 Å². The molecule has 3 rings (SSSR count). The summed E-state index contributed by atoms with van der Waals surface area (Å²) >= 11 is 9.38. The number of hydrogen-bond acceptors (Lipinski definition) is 6. The average molecular weight is 515 g/mol. The van der Waals surface area contributed by atoms with Gasteiger partial charge in [0.1, 0.15) is 5.60 Å². The van der Waals surface area contributed by atoms with Gasteiger partial charge in [0.2, 0.25) is 0 Å². The van der Waals surface area contributed by atoms with Gasteiger partial charge in [-0.25, -0.2) is 9.78 Å². The molecule has 1 aliphatic rings. The molecular weight excluding hydrogens is 490 g/mol. The fourth-order valence-corrected chi connectivity index (χ4v) is 4.08. The lowest BCUT2D eigenvalue weighted by Gasteiger charge is -2.39. The van der Waals surface area contributed by atoms with Crippen molar-refractivity contribution >= 4 is 50.3 Å². The molecule has 8 nitrogen and oxygen atoms in total. The van der Waals surface area contributed by atoms with Gasteiger partial charge >= 0.3 is 6.09 Å². The Morgan fingerprint density at radius 1 is 1.35 bits per heavy atom. The molecule has 1 aliphatic heterocycles. The zero-order valence-corrected chi connectivity index (χ0v) is 19.9. The topological polar surface area (TPSA) is 102 Å². The summed E-state index contributed by atoms with van der Waals surface area (Å²) in [4.78, 5) is 43.8. The van der Waals surface area contributed by atoms with E-state index in [-0.39, 0.29) is 24.3 Å². The number of carbonyl (C=O) groups is 2. The second-order valence-electron chi connectivity index (χ2n) is 8.65. The molecule has 31 heavy (non-hydrogen) atoms. The number of Topliss-reactive ketones (excluding diaryl/α,β-unsaturated/α-hetero) is 1. The Hall–Kier alpha value is -1.97. The molecule has 1 unspecified atom stereocenters. The Balaban J connectivity index is 1.78. The highest BCUT2D eigenvalue weighted by molar-refractivity contribution is 9.10. The van der Waals surface area contributed by atoms with Crippen molar-refractivity contribution in [3.05, 3.63) is 38.3 Å². The number of aliphatic hydroxyl groups excluding tert-OH is 1. The predicted molar refractivity (Wildman–Crippen MR) is 120 cm³/mol. The number of likely N-dealkylation sites (tertiary alicyclic amines) is 1. The summed E-state index contributed by atoms with van der Waals surface area (Å²) in [5, 5.41) is 11.1. The third kappa shape index (κ3) is 5.64. The molecule has 0 saturated carbocycles. The van der Waals surface area contributed by atoms with Gasteiger partial charge in [-0.2, -0.15) is 0 Å². The number of ether oxygens (including phenoxy) is 1. The highest BCUT2D eigenvalue weighted by Crippen LogP contribution is 2.26. The van der Waals surface area contributed by atoms with Crippen LogP contribution in [0.1, 0.15) is 40.0 Å². The number of carbonyl (C=O) groups excluding carboxylic acids is 2. The quantitative estimate of drug-likeness (QED) is 0.670. The molecule has 0 aliphatic carbocycles. The number of halogens is 2. The summed E-state index contributed by atoms with van der Waals surface area (Å²) in [5.74, 6) is -0.300. The van der Waals surface area contributed by atoms with Crippen LogP contribution in [-0.4, -0.2) is 55.7 Å². The van der Waals surface area contributed by atoms with Crippen molar-refractivity contribution in [3.8, 4) is 0 Å². The molecule has 2 heterocycles. The van der Waals surface area contributed by atoms with E-state index in [9.17, 15) is 19.5 Å². The number of aliphatic hydroxyl groups is 1. The molecule has 2 atom stereocenters. The molecule has 10 heteroatoms. The molecule has 1 aromatic heterocycles. The van der Waals surface area contributed by atoms with Crippen molar-refractivity contribution in [3.63, 3.8) is 0 Å². The van der Waals surface area contributed by atoms with Gasteiger partial charge in [0, 0.05) is 17.4 Å². The predicted octanol–water partition coefficient (Wildman–Crippen LogP) is 3.53. The standard InChI is InChI=1S/C21H25BrClN3O5/c1-21(2,3)31-20(30)26-6-4-5-18(28)17(26)7-12(27)10-25-11-24-16-9-14(22)15(23)8-13(16)19(25)29/h8-9,11,17-18,28H,4-7,10H2,1-3H3/t17?,18-/m0/s1. The molecule has 1 N–H and O–H groups in total. The molecule has 0 radical (unpaired) electrons. The smallest absolute Gasteiger partial charge is 0.410 e. The van der Waals surface area contributed by atoms with Crippen LogP contribution in [0, 0.1) is 0 Å². The number of ketones is 1. The van der Waals surface area contributed by atoms with Gasteiger partial charge < -0.3 is 14.7 Å². The van der Waals surface area contributed by atoms with Crippen molar-refractivity contribution in [2.45, 2.75) is 64.3 Å². The van der Waals surface area contributed by atoms with E-state index in [0.29, 0.717) is 39.8 Å². The van der Waals surface area contributed by atoms with Crippen molar-refractivity contribution in [1.82, 2.24) is 14.5 Å². The van der Waals surface area contributed by atoms with Gasteiger partial charge in [-0.1, -0.05) is 11.6 Å². The third-order valence-electron chi connectivity index (χ3n) is 5.02. The van der Waals surface area contributed by atoms with Gasteiger partial charge in [-0.3, -0.25) is 14.2 Å². The second-order valence-corrected chi connectivity index (χ2v) is 9.92. The maximum Gasteiger partial charge on any atom is 0.410 e. The Kier molecular flexibility index (Phi) is 7.08. The molecule has 0 spiro atoms. The van der Waals surface area contributed by atoms with E-state index in [0.717, 1.165) is 0 Å². The SMILES string of the molecule is CC(C)(C)OC(=O)N1CCC[C@H](O)C1CC(=O)Cn1cnc2cc(Br)c(Cl)cc2c1=O. The Morgan fingerprint density at radius 3 is 2.74 bits per heavy atom. The van der Waals surface area contributed by atoms with Gasteiger partial charge in [0.15, 0.2) is 5.78 Å². The number of hydrogen-bond donors (Lipinski definition) is 1. The summed E-state index contributed by atoms with van der Waals surface area (Å²) in [7, 11) is 0. The molecule has 1 aromatic carbocycles. The van der Waals surface area contributed by atoms with E-state index in [1.165, 1.54) is 21.9 Å². The van der Waals surface area contributed by atoms with Crippen molar-refractivity contribution in [1.29, 1.82) is 0 Å². The Morgan fingerprint density at radius 2 is 2.06 bits per heavy atom. The molecule has 1 amide bonds. The fourth-order valence-electron chi connectivity index (χ4n) is 3.58. The van der Waals surface area contributed by atoms with Crippen LogP contribution in [0.2, 0.25) is 5.02 Å². The maximum atomic E-state index is 12.8. The summed E-state index contributed by atoms with van der Waals surface area (Å²) in [5.41, 5.74) is -0.612. The fraction of sp³-hybridized carbons (Fsp3) is 0.524. The molecule has 1 fully saturated rings. The Bertz CT molecular complexity index is 1070. The monoisotopic (exact) mass is 513 g/mol.